The summed E-state index contributed by atoms with van der Waals surface area (Å²) in [6.07, 6.45) is 1.63. The van der Waals surface area contributed by atoms with Gasteiger partial charge in [0.2, 0.25) is 0 Å². The SMILES string of the molecule is O=C(NCC1(CO)CC2(CC(F)C2)C1)OCc1ccccc1. The number of rotatable bonds is 5. The molecule has 0 radical (unpaired) electrons. The fourth-order valence-corrected chi connectivity index (χ4v) is 4.03. The van der Waals surface area contributed by atoms with Gasteiger partial charge in [-0.3, -0.25) is 0 Å². The van der Waals surface area contributed by atoms with Crippen LogP contribution in [0.1, 0.15) is 31.2 Å². The predicted octanol–water partition coefficient (Wildman–Crippen LogP) is 2.80. The lowest BCUT2D eigenvalue weighted by Gasteiger charge is -2.61. The van der Waals surface area contributed by atoms with Crippen molar-refractivity contribution in [1.29, 1.82) is 0 Å². The maximum atomic E-state index is 13.0. The molecule has 0 saturated heterocycles. The summed E-state index contributed by atoms with van der Waals surface area (Å²) in [5.74, 6) is 0. The lowest BCUT2D eigenvalue weighted by molar-refractivity contribution is -0.148. The van der Waals surface area contributed by atoms with Gasteiger partial charge in [-0.15, -0.1) is 0 Å². The highest BCUT2D eigenvalue weighted by molar-refractivity contribution is 5.67. The second-order valence-corrected chi connectivity index (χ2v) is 6.93. The number of carbonyl (C=O) groups excluding carboxylic acids is 1. The Labute approximate surface area is 129 Å². The molecule has 2 aliphatic carbocycles. The van der Waals surface area contributed by atoms with E-state index in [0.717, 1.165) is 18.4 Å². The minimum absolute atomic E-state index is 0.0185. The lowest BCUT2D eigenvalue weighted by atomic mass is 9.45. The van der Waals surface area contributed by atoms with Gasteiger partial charge in [0.15, 0.2) is 0 Å². The lowest BCUT2D eigenvalue weighted by Crippen LogP contribution is -2.59. The highest BCUT2D eigenvalue weighted by Crippen LogP contribution is 2.64. The molecule has 0 aliphatic heterocycles. The van der Waals surface area contributed by atoms with E-state index in [2.05, 4.69) is 5.32 Å². The fourth-order valence-electron chi connectivity index (χ4n) is 4.03. The topological polar surface area (TPSA) is 58.6 Å². The number of benzene rings is 1. The van der Waals surface area contributed by atoms with Crippen molar-refractivity contribution in [2.75, 3.05) is 13.2 Å². The summed E-state index contributed by atoms with van der Waals surface area (Å²) in [7, 11) is 0. The second-order valence-electron chi connectivity index (χ2n) is 6.93. The third kappa shape index (κ3) is 3.09. The van der Waals surface area contributed by atoms with Gasteiger partial charge in [-0.25, -0.2) is 9.18 Å². The fraction of sp³-hybridized carbons (Fsp3) is 0.588. The van der Waals surface area contributed by atoms with E-state index in [9.17, 15) is 14.3 Å². The molecule has 2 N–H and O–H groups in total. The number of alkyl halides is 1. The molecule has 1 aromatic rings. The molecule has 0 atom stereocenters. The van der Waals surface area contributed by atoms with Crippen LogP contribution in [0.25, 0.3) is 0 Å². The van der Waals surface area contributed by atoms with Crippen molar-refractivity contribution in [2.24, 2.45) is 10.8 Å². The molecule has 0 bridgehead atoms. The molecular formula is C17H22FNO3. The number of hydrogen-bond donors (Lipinski definition) is 2. The van der Waals surface area contributed by atoms with Crippen LogP contribution in [0.15, 0.2) is 30.3 Å². The van der Waals surface area contributed by atoms with Gasteiger partial charge >= 0.3 is 6.09 Å². The number of aliphatic hydroxyl groups is 1. The molecule has 2 aliphatic rings. The largest absolute Gasteiger partial charge is 0.445 e. The van der Waals surface area contributed by atoms with Gasteiger partial charge in [0, 0.05) is 12.0 Å². The van der Waals surface area contributed by atoms with Crippen molar-refractivity contribution in [1.82, 2.24) is 5.32 Å². The molecule has 0 unspecified atom stereocenters. The van der Waals surface area contributed by atoms with E-state index >= 15 is 0 Å². The molecule has 2 fully saturated rings. The van der Waals surface area contributed by atoms with E-state index in [-0.39, 0.29) is 24.0 Å². The standard InChI is InChI=1S/C17H22FNO3/c18-14-6-16(7-14)9-17(10-16,12-20)11-19-15(21)22-8-13-4-2-1-3-5-13/h1-5,14,20H,6-12H2,(H,19,21). The van der Waals surface area contributed by atoms with Gasteiger partial charge in [0.05, 0.1) is 6.61 Å². The third-order valence-corrected chi connectivity index (χ3v) is 4.96. The number of alkyl carbamates (subject to hydrolysis) is 1. The zero-order chi connectivity index (χ0) is 15.6. The molecule has 0 heterocycles. The Hall–Kier alpha value is -1.62. The number of ether oxygens (including phenoxy) is 1. The van der Waals surface area contributed by atoms with Crippen molar-refractivity contribution in [3.63, 3.8) is 0 Å². The maximum Gasteiger partial charge on any atom is 0.407 e. The van der Waals surface area contributed by atoms with Crippen LogP contribution in [0.2, 0.25) is 0 Å². The Balaban J connectivity index is 1.41. The molecule has 120 valence electrons. The molecule has 1 amide bonds. The van der Waals surface area contributed by atoms with Gasteiger partial charge in [0.25, 0.3) is 0 Å². The van der Waals surface area contributed by atoms with Crippen LogP contribution in [0.3, 0.4) is 0 Å². The average molecular weight is 307 g/mol. The Morgan fingerprint density at radius 2 is 2.00 bits per heavy atom. The monoisotopic (exact) mass is 307 g/mol. The number of nitrogens with one attached hydrogen (secondary N) is 1. The van der Waals surface area contributed by atoms with Crippen LogP contribution in [0, 0.1) is 10.8 Å². The molecule has 0 aromatic heterocycles. The van der Waals surface area contributed by atoms with Gasteiger partial charge in [-0.2, -0.15) is 0 Å². The molecule has 3 rings (SSSR count). The van der Waals surface area contributed by atoms with E-state index in [4.69, 9.17) is 4.74 Å². The van der Waals surface area contributed by atoms with Crippen LogP contribution in [-0.4, -0.2) is 30.5 Å². The summed E-state index contributed by atoms with van der Waals surface area (Å²) in [4.78, 5) is 11.7. The van der Waals surface area contributed by atoms with Crippen LogP contribution < -0.4 is 5.32 Å². The quantitative estimate of drug-likeness (QED) is 0.879. The summed E-state index contributed by atoms with van der Waals surface area (Å²) in [6, 6.07) is 9.47. The van der Waals surface area contributed by atoms with Crippen molar-refractivity contribution in [3.8, 4) is 0 Å². The van der Waals surface area contributed by atoms with E-state index in [1.54, 1.807) is 0 Å². The summed E-state index contributed by atoms with van der Waals surface area (Å²) in [5, 5.41) is 12.3. The minimum Gasteiger partial charge on any atom is -0.445 e. The van der Waals surface area contributed by atoms with Crippen molar-refractivity contribution in [2.45, 2.75) is 38.5 Å². The van der Waals surface area contributed by atoms with Crippen LogP contribution in [0.5, 0.6) is 0 Å². The Kier molecular flexibility index (Phi) is 4.08. The van der Waals surface area contributed by atoms with Gasteiger partial charge in [0.1, 0.15) is 12.8 Å². The predicted molar refractivity (Wildman–Crippen MR) is 79.9 cm³/mol. The van der Waals surface area contributed by atoms with E-state index in [1.165, 1.54) is 0 Å². The first-order valence-corrected chi connectivity index (χ1v) is 7.74. The summed E-state index contributed by atoms with van der Waals surface area (Å²) in [5.41, 5.74) is 0.713. The normalized spacial score (nSPS) is 32.9. The third-order valence-electron chi connectivity index (χ3n) is 4.96. The first kappa shape index (κ1) is 15.3. The zero-order valence-electron chi connectivity index (χ0n) is 12.6. The second kappa shape index (κ2) is 5.88. The Bertz CT molecular complexity index is 520. The van der Waals surface area contributed by atoms with E-state index < -0.39 is 12.3 Å². The first-order chi connectivity index (χ1) is 10.5. The van der Waals surface area contributed by atoms with Gasteiger partial charge < -0.3 is 15.2 Å². The van der Waals surface area contributed by atoms with Crippen LogP contribution in [0.4, 0.5) is 9.18 Å². The zero-order valence-corrected chi connectivity index (χ0v) is 12.6. The van der Waals surface area contributed by atoms with Crippen LogP contribution in [-0.2, 0) is 11.3 Å². The Morgan fingerprint density at radius 1 is 1.32 bits per heavy atom. The van der Waals surface area contributed by atoms with Crippen LogP contribution >= 0.6 is 0 Å². The maximum absolute atomic E-state index is 13.0. The number of aliphatic hydroxyl groups excluding tert-OH is 1. The van der Waals surface area contributed by atoms with Gasteiger partial charge in [-0.05, 0) is 36.7 Å². The Morgan fingerprint density at radius 3 is 2.59 bits per heavy atom. The molecule has 1 aromatic carbocycles. The summed E-state index contributed by atoms with van der Waals surface area (Å²) in [6.45, 7) is 0.632. The first-order valence-electron chi connectivity index (χ1n) is 7.74. The molecule has 22 heavy (non-hydrogen) atoms. The number of amides is 1. The van der Waals surface area contributed by atoms with Crippen molar-refractivity contribution in [3.05, 3.63) is 35.9 Å². The highest BCUT2D eigenvalue weighted by atomic mass is 19.1. The minimum atomic E-state index is -0.680. The van der Waals surface area contributed by atoms with Crippen molar-refractivity contribution < 1.29 is 19.0 Å². The molecule has 2 saturated carbocycles. The average Bonchev–Trinajstić information content (AvgIpc) is 2.47. The molecule has 4 nitrogen and oxygen atoms in total. The van der Waals surface area contributed by atoms with E-state index in [0.29, 0.717) is 19.4 Å². The molecule has 1 spiro atoms. The number of hydrogen-bond acceptors (Lipinski definition) is 3. The van der Waals surface area contributed by atoms with Gasteiger partial charge in [-0.1, -0.05) is 30.3 Å². The van der Waals surface area contributed by atoms with Crippen molar-refractivity contribution >= 4 is 6.09 Å². The molecular weight excluding hydrogens is 285 g/mol. The number of carbonyl (C=O) groups is 1. The molecule has 5 heteroatoms. The summed E-state index contributed by atoms with van der Waals surface area (Å²) >= 11 is 0. The summed E-state index contributed by atoms with van der Waals surface area (Å²) < 4.78 is 18.2. The highest BCUT2D eigenvalue weighted by Gasteiger charge is 2.60. The number of halogens is 1. The smallest absolute Gasteiger partial charge is 0.407 e. The van der Waals surface area contributed by atoms with E-state index in [1.807, 2.05) is 30.3 Å².